The summed E-state index contributed by atoms with van der Waals surface area (Å²) in [6.45, 7) is 10.9. The Labute approximate surface area is 161 Å². The SMILES string of the molecule is CCCCCCC(CC)C(N)(CC)CC.Cc1ccc(S(=O)(=O)O)cc1. The van der Waals surface area contributed by atoms with Crippen LogP contribution in [-0.4, -0.2) is 18.5 Å². The lowest BCUT2D eigenvalue weighted by atomic mass is 9.76. The molecule has 0 bridgehead atoms. The van der Waals surface area contributed by atoms with Crippen LogP contribution in [0.4, 0.5) is 0 Å². The number of hydrogen-bond donors (Lipinski definition) is 2. The molecule has 1 atom stereocenters. The van der Waals surface area contributed by atoms with Gasteiger partial charge in [-0.05, 0) is 44.2 Å². The fourth-order valence-corrected chi connectivity index (χ4v) is 3.73. The summed E-state index contributed by atoms with van der Waals surface area (Å²) in [5.74, 6) is 0.726. The fraction of sp³-hybridized carbons (Fsp3) is 0.714. The van der Waals surface area contributed by atoms with E-state index in [-0.39, 0.29) is 10.4 Å². The van der Waals surface area contributed by atoms with Crippen molar-refractivity contribution in [3.05, 3.63) is 29.8 Å². The lowest BCUT2D eigenvalue weighted by Gasteiger charge is -2.36. The summed E-state index contributed by atoms with van der Waals surface area (Å²) in [5.41, 5.74) is 7.52. The Bertz CT molecular complexity index is 578. The van der Waals surface area contributed by atoms with E-state index < -0.39 is 10.1 Å². The third-order valence-electron chi connectivity index (χ3n) is 5.35. The van der Waals surface area contributed by atoms with Crippen molar-refractivity contribution in [2.24, 2.45) is 11.7 Å². The highest BCUT2D eigenvalue weighted by atomic mass is 32.2. The van der Waals surface area contributed by atoms with Gasteiger partial charge in [0, 0.05) is 5.54 Å². The van der Waals surface area contributed by atoms with Crippen molar-refractivity contribution in [3.63, 3.8) is 0 Å². The van der Waals surface area contributed by atoms with Gasteiger partial charge < -0.3 is 5.73 Å². The summed E-state index contributed by atoms with van der Waals surface area (Å²) < 4.78 is 29.6. The minimum atomic E-state index is -4.02. The van der Waals surface area contributed by atoms with Crippen LogP contribution in [-0.2, 0) is 10.1 Å². The molecule has 0 heterocycles. The van der Waals surface area contributed by atoms with Crippen molar-refractivity contribution in [2.75, 3.05) is 0 Å². The van der Waals surface area contributed by atoms with E-state index in [0.29, 0.717) is 0 Å². The molecular formula is C21H39NO3S. The summed E-state index contributed by atoms with van der Waals surface area (Å²) in [6, 6.07) is 5.99. The molecule has 0 aromatic heterocycles. The normalized spacial score (nSPS) is 13.0. The van der Waals surface area contributed by atoms with Crippen molar-refractivity contribution < 1.29 is 13.0 Å². The molecule has 1 aromatic rings. The van der Waals surface area contributed by atoms with Crippen LogP contribution >= 0.6 is 0 Å². The average molecular weight is 386 g/mol. The molecule has 3 N–H and O–H groups in total. The summed E-state index contributed by atoms with van der Waals surface area (Å²) in [5, 5.41) is 0. The van der Waals surface area contributed by atoms with E-state index in [1.54, 1.807) is 12.1 Å². The third kappa shape index (κ3) is 9.15. The van der Waals surface area contributed by atoms with Crippen molar-refractivity contribution >= 4 is 10.1 Å². The Morgan fingerprint density at radius 1 is 1.00 bits per heavy atom. The molecule has 0 aliphatic heterocycles. The molecule has 0 aliphatic carbocycles. The van der Waals surface area contributed by atoms with Crippen LogP contribution in [0.3, 0.4) is 0 Å². The molecule has 0 aliphatic rings. The largest absolute Gasteiger partial charge is 0.325 e. The summed E-state index contributed by atoms with van der Waals surface area (Å²) in [7, 11) is -4.02. The second kappa shape index (κ2) is 12.5. The molecule has 0 saturated carbocycles. The zero-order valence-electron chi connectivity index (χ0n) is 17.3. The van der Waals surface area contributed by atoms with E-state index in [2.05, 4.69) is 27.7 Å². The van der Waals surface area contributed by atoms with Gasteiger partial charge in [0.05, 0.1) is 4.90 Å². The first kappa shape index (κ1) is 25.1. The van der Waals surface area contributed by atoms with E-state index in [4.69, 9.17) is 10.3 Å². The number of aryl methyl sites for hydroxylation is 1. The van der Waals surface area contributed by atoms with Crippen LogP contribution in [0.15, 0.2) is 29.2 Å². The lowest BCUT2D eigenvalue weighted by molar-refractivity contribution is 0.225. The number of rotatable bonds is 10. The molecule has 0 radical (unpaired) electrons. The highest BCUT2D eigenvalue weighted by molar-refractivity contribution is 7.85. The van der Waals surface area contributed by atoms with Crippen LogP contribution in [0.5, 0.6) is 0 Å². The van der Waals surface area contributed by atoms with Gasteiger partial charge in [-0.25, -0.2) is 0 Å². The maximum absolute atomic E-state index is 10.5. The molecule has 26 heavy (non-hydrogen) atoms. The highest BCUT2D eigenvalue weighted by Crippen LogP contribution is 2.29. The van der Waals surface area contributed by atoms with Gasteiger partial charge in [-0.3, -0.25) is 4.55 Å². The van der Waals surface area contributed by atoms with Gasteiger partial charge in [-0.15, -0.1) is 0 Å². The van der Waals surface area contributed by atoms with Crippen molar-refractivity contribution in [1.82, 2.24) is 0 Å². The van der Waals surface area contributed by atoms with Gasteiger partial charge in [0.1, 0.15) is 0 Å². The molecular weight excluding hydrogens is 346 g/mol. The van der Waals surface area contributed by atoms with Crippen LogP contribution < -0.4 is 5.73 Å². The molecule has 0 saturated heterocycles. The molecule has 0 spiro atoms. The van der Waals surface area contributed by atoms with Crippen LogP contribution in [0.1, 0.15) is 84.6 Å². The highest BCUT2D eigenvalue weighted by Gasteiger charge is 2.29. The Morgan fingerprint density at radius 2 is 1.54 bits per heavy atom. The number of unbranched alkanes of at least 4 members (excludes halogenated alkanes) is 3. The molecule has 1 rings (SSSR count). The van der Waals surface area contributed by atoms with Gasteiger partial charge in [0.25, 0.3) is 10.1 Å². The monoisotopic (exact) mass is 385 g/mol. The first-order valence-corrected chi connectivity index (χ1v) is 11.4. The van der Waals surface area contributed by atoms with Crippen molar-refractivity contribution in [2.45, 2.75) is 96.4 Å². The van der Waals surface area contributed by atoms with E-state index in [0.717, 1.165) is 24.3 Å². The topological polar surface area (TPSA) is 80.4 Å². The second-order valence-electron chi connectivity index (χ2n) is 7.18. The van der Waals surface area contributed by atoms with E-state index in [1.165, 1.54) is 50.7 Å². The standard InChI is InChI=1S/C14H31N.C7H8O3S/c1-5-9-10-11-12-13(6-2)14(15,7-3)8-4;1-6-2-4-7(5-3-6)11(8,9)10/h13H,5-12,15H2,1-4H3;2-5H,1H3,(H,8,9,10). The molecule has 1 aromatic carbocycles. The number of hydrogen-bond acceptors (Lipinski definition) is 3. The lowest BCUT2D eigenvalue weighted by Crippen LogP contribution is -2.45. The zero-order chi connectivity index (χ0) is 20.2. The van der Waals surface area contributed by atoms with Crippen LogP contribution in [0.25, 0.3) is 0 Å². The predicted molar refractivity (Wildman–Crippen MR) is 111 cm³/mol. The van der Waals surface area contributed by atoms with Gasteiger partial charge in [-0.1, -0.05) is 77.5 Å². The van der Waals surface area contributed by atoms with Crippen molar-refractivity contribution in [1.29, 1.82) is 0 Å². The fourth-order valence-electron chi connectivity index (χ4n) is 3.25. The van der Waals surface area contributed by atoms with Gasteiger partial charge in [-0.2, -0.15) is 8.42 Å². The maximum Gasteiger partial charge on any atom is 0.294 e. The Morgan fingerprint density at radius 3 is 1.92 bits per heavy atom. The minimum absolute atomic E-state index is 0.0666. The van der Waals surface area contributed by atoms with Crippen molar-refractivity contribution in [3.8, 4) is 0 Å². The molecule has 152 valence electrons. The quantitative estimate of drug-likeness (QED) is 0.397. The first-order chi connectivity index (χ1) is 12.1. The summed E-state index contributed by atoms with van der Waals surface area (Å²) in [6.07, 6.45) is 10.3. The number of nitrogens with two attached hydrogens (primary N) is 1. The molecule has 0 amide bonds. The predicted octanol–water partition coefficient (Wildman–Crippen LogP) is 5.74. The van der Waals surface area contributed by atoms with E-state index >= 15 is 0 Å². The Hall–Kier alpha value is -0.910. The van der Waals surface area contributed by atoms with Gasteiger partial charge in [0.15, 0.2) is 0 Å². The van der Waals surface area contributed by atoms with Crippen LogP contribution in [0.2, 0.25) is 0 Å². The smallest absolute Gasteiger partial charge is 0.294 e. The van der Waals surface area contributed by atoms with Gasteiger partial charge >= 0.3 is 0 Å². The van der Waals surface area contributed by atoms with Crippen LogP contribution in [0, 0.1) is 12.8 Å². The number of benzene rings is 1. The molecule has 0 fully saturated rings. The Kier molecular flexibility index (Phi) is 12.0. The first-order valence-electron chi connectivity index (χ1n) is 9.97. The summed E-state index contributed by atoms with van der Waals surface area (Å²) in [4.78, 5) is -0.0666. The molecule has 5 heteroatoms. The Balaban J connectivity index is 0.000000502. The van der Waals surface area contributed by atoms with E-state index in [9.17, 15) is 8.42 Å². The van der Waals surface area contributed by atoms with Gasteiger partial charge in [0.2, 0.25) is 0 Å². The molecule has 4 nitrogen and oxygen atoms in total. The average Bonchev–Trinajstić information content (AvgIpc) is 2.61. The third-order valence-corrected chi connectivity index (χ3v) is 6.22. The minimum Gasteiger partial charge on any atom is -0.325 e. The maximum atomic E-state index is 10.5. The van der Waals surface area contributed by atoms with E-state index in [1.807, 2.05) is 6.92 Å². The second-order valence-corrected chi connectivity index (χ2v) is 8.60. The summed E-state index contributed by atoms with van der Waals surface area (Å²) >= 11 is 0. The zero-order valence-corrected chi connectivity index (χ0v) is 18.1. The molecule has 1 unspecified atom stereocenters.